The number of amides is 1. The van der Waals surface area contributed by atoms with E-state index in [9.17, 15) is 4.79 Å². The summed E-state index contributed by atoms with van der Waals surface area (Å²) in [4.78, 5) is 17.5. The minimum absolute atomic E-state index is 0.0937. The van der Waals surface area contributed by atoms with E-state index in [1.807, 2.05) is 23.1 Å². The molecule has 150 valence electrons. The number of hydrogen-bond acceptors (Lipinski definition) is 4. The predicted octanol–water partition coefficient (Wildman–Crippen LogP) is 3.50. The van der Waals surface area contributed by atoms with Crippen LogP contribution >= 0.6 is 0 Å². The number of rotatable bonds is 8. The van der Waals surface area contributed by atoms with Crippen LogP contribution in [0.2, 0.25) is 0 Å². The first-order valence-corrected chi connectivity index (χ1v) is 10.5. The maximum atomic E-state index is 13.0. The van der Waals surface area contributed by atoms with Gasteiger partial charge in [0.05, 0.1) is 13.2 Å². The van der Waals surface area contributed by atoms with Crippen molar-refractivity contribution >= 4 is 5.91 Å². The highest BCUT2D eigenvalue weighted by atomic mass is 16.5. The summed E-state index contributed by atoms with van der Waals surface area (Å²) in [7, 11) is 1.69. The van der Waals surface area contributed by atoms with E-state index in [1.54, 1.807) is 7.11 Å². The Morgan fingerprint density at radius 2 is 2.11 bits per heavy atom. The Kier molecular flexibility index (Phi) is 7.39. The standard InChI is InChI=1S/C22H34N2O3/c1-3-12-24(22(25)11-8-15-23-13-5-4-6-14-23)18-16-19-20(26-2)9-7-10-21(19)27-17-18/h7,9-10,18H,3-6,8,11-17H2,1-2H3. The number of methoxy groups -OCH3 is 1. The van der Waals surface area contributed by atoms with Crippen LogP contribution in [0.15, 0.2) is 18.2 Å². The maximum absolute atomic E-state index is 13.0. The molecule has 0 saturated carbocycles. The number of fused-ring (bicyclic) bond motifs is 1. The zero-order chi connectivity index (χ0) is 19.1. The molecule has 2 aliphatic rings. The Morgan fingerprint density at radius 3 is 2.85 bits per heavy atom. The van der Waals surface area contributed by atoms with Crippen LogP contribution in [0.4, 0.5) is 0 Å². The van der Waals surface area contributed by atoms with Gasteiger partial charge < -0.3 is 19.3 Å². The van der Waals surface area contributed by atoms with E-state index in [-0.39, 0.29) is 11.9 Å². The summed E-state index contributed by atoms with van der Waals surface area (Å²) in [5.74, 6) is 2.01. The first kappa shape index (κ1) is 20.0. The van der Waals surface area contributed by atoms with Gasteiger partial charge in [-0.05, 0) is 57.5 Å². The van der Waals surface area contributed by atoms with Crippen molar-refractivity contribution in [2.45, 2.75) is 57.9 Å². The van der Waals surface area contributed by atoms with Crippen LogP contribution in [-0.4, -0.2) is 61.6 Å². The highest BCUT2D eigenvalue weighted by Gasteiger charge is 2.29. The minimum Gasteiger partial charge on any atom is -0.496 e. The van der Waals surface area contributed by atoms with Gasteiger partial charge in [0, 0.05) is 24.9 Å². The molecule has 0 spiro atoms. The van der Waals surface area contributed by atoms with Crippen LogP contribution < -0.4 is 9.47 Å². The number of carbonyl (C=O) groups excluding carboxylic acids is 1. The number of likely N-dealkylation sites (tertiary alicyclic amines) is 1. The van der Waals surface area contributed by atoms with E-state index in [1.165, 1.54) is 32.4 Å². The molecule has 2 heterocycles. The lowest BCUT2D eigenvalue weighted by Crippen LogP contribution is -2.47. The van der Waals surface area contributed by atoms with Crippen molar-refractivity contribution in [3.63, 3.8) is 0 Å². The van der Waals surface area contributed by atoms with Crippen LogP contribution in [-0.2, 0) is 11.2 Å². The summed E-state index contributed by atoms with van der Waals surface area (Å²) in [5, 5.41) is 0. The van der Waals surface area contributed by atoms with Crippen LogP contribution in [0.5, 0.6) is 11.5 Å². The molecule has 1 fully saturated rings. The topological polar surface area (TPSA) is 42.0 Å². The molecule has 0 bridgehead atoms. The molecule has 5 heteroatoms. The average Bonchev–Trinajstić information content (AvgIpc) is 2.72. The molecule has 0 N–H and O–H groups in total. The highest BCUT2D eigenvalue weighted by molar-refractivity contribution is 5.76. The number of carbonyl (C=O) groups is 1. The lowest BCUT2D eigenvalue weighted by atomic mass is 9.99. The molecule has 0 radical (unpaired) electrons. The van der Waals surface area contributed by atoms with E-state index >= 15 is 0 Å². The van der Waals surface area contributed by atoms with E-state index in [0.717, 1.165) is 49.4 Å². The van der Waals surface area contributed by atoms with Crippen molar-refractivity contribution < 1.29 is 14.3 Å². The molecular formula is C22H34N2O3. The van der Waals surface area contributed by atoms with Crippen molar-refractivity contribution in [3.8, 4) is 11.5 Å². The summed E-state index contributed by atoms with van der Waals surface area (Å²) < 4.78 is 11.5. The van der Waals surface area contributed by atoms with Crippen molar-refractivity contribution in [2.75, 3.05) is 39.9 Å². The van der Waals surface area contributed by atoms with Crippen molar-refractivity contribution in [1.82, 2.24) is 9.80 Å². The lowest BCUT2D eigenvalue weighted by molar-refractivity contribution is -0.134. The Morgan fingerprint density at radius 1 is 1.30 bits per heavy atom. The summed E-state index contributed by atoms with van der Waals surface area (Å²) >= 11 is 0. The third-order valence-corrected chi connectivity index (χ3v) is 5.72. The van der Waals surface area contributed by atoms with Crippen LogP contribution in [0.25, 0.3) is 0 Å². The molecule has 1 aromatic rings. The molecule has 27 heavy (non-hydrogen) atoms. The largest absolute Gasteiger partial charge is 0.496 e. The third-order valence-electron chi connectivity index (χ3n) is 5.72. The Bertz CT molecular complexity index is 599. The molecule has 1 atom stereocenters. The van der Waals surface area contributed by atoms with E-state index in [4.69, 9.17) is 9.47 Å². The average molecular weight is 375 g/mol. The zero-order valence-electron chi connectivity index (χ0n) is 16.9. The number of ether oxygens (including phenoxy) is 2. The Labute approximate surface area is 163 Å². The molecule has 1 amide bonds. The number of benzene rings is 1. The van der Waals surface area contributed by atoms with Gasteiger partial charge in [0.15, 0.2) is 0 Å². The molecule has 1 aromatic carbocycles. The first-order chi connectivity index (χ1) is 13.2. The second kappa shape index (κ2) is 9.98. The molecule has 5 nitrogen and oxygen atoms in total. The van der Waals surface area contributed by atoms with Gasteiger partial charge in [-0.2, -0.15) is 0 Å². The van der Waals surface area contributed by atoms with Gasteiger partial charge >= 0.3 is 0 Å². The molecule has 1 saturated heterocycles. The maximum Gasteiger partial charge on any atom is 0.222 e. The van der Waals surface area contributed by atoms with Gasteiger partial charge in [0.25, 0.3) is 0 Å². The van der Waals surface area contributed by atoms with Crippen molar-refractivity contribution in [3.05, 3.63) is 23.8 Å². The van der Waals surface area contributed by atoms with Crippen LogP contribution in [0.1, 0.15) is 51.0 Å². The van der Waals surface area contributed by atoms with Crippen molar-refractivity contribution in [1.29, 1.82) is 0 Å². The SMILES string of the molecule is CCCN(C(=O)CCCN1CCCCC1)C1COc2cccc(OC)c2C1. The van der Waals surface area contributed by atoms with Crippen LogP contribution in [0.3, 0.4) is 0 Å². The molecule has 3 rings (SSSR count). The lowest BCUT2D eigenvalue weighted by Gasteiger charge is -2.36. The van der Waals surface area contributed by atoms with Gasteiger partial charge in [-0.25, -0.2) is 0 Å². The van der Waals surface area contributed by atoms with Gasteiger partial charge in [-0.3, -0.25) is 4.79 Å². The Hall–Kier alpha value is -1.75. The summed E-state index contributed by atoms with van der Waals surface area (Å²) in [5.41, 5.74) is 1.08. The minimum atomic E-state index is 0.0937. The van der Waals surface area contributed by atoms with E-state index in [2.05, 4.69) is 11.8 Å². The van der Waals surface area contributed by atoms with E-state index in [0.29, 0.717) is 13.0 Å². The second-order valence-electron chi connectivity index (χ2n) is 7.70. The molecule has 0 aromatic heterocycles. The summed E-state index contributed by atoms with van der Waals surface area (Å²) in [6.45, 7) is 6.93. The number of piperidine rings is 1. The van der Waals surface area contributed by atoms with Gasteiger partial charge in [0.1, 0.15) is 18.1 Å². The van der Waals surface area contributed by atoms with Crippen molar-refractivity contribution in [2.24, 2.45) is 0 Å². The monoisotopic (exact) mass is 374 g/mol. The summed E-state index contributed by atoms with van der Waals surface area (Å²) in [6, 6.07) is 6.00. The fourth-order valence-corrected chi connectivity index (χ4v) is 4.29. The first-order valence-electron chi connectivity index (χ1n) is 10.5. The fraction of sp³-hybridized carbons (Fsp3) is 0.682. The van der Waals surface area contributed by atoms with Gasteiger partial charge in [-0.1, -0.05) is 19.4 Å². The molecule has 2 aliphatic heterocycles. The fourth-order valence-electron chi connectivity index (χ4n) is 4.29. The van der Waals surface area contributed by atoms with Gasteiger partial charge in [-0.15, -0.1) is 0 Å². The number of hydrogen-bond donors (Lipinski definition) is 0. The second-order valence-corrected chi connectivity index (χ2v) is 7.70. The molecular weight excluding hydrogens is 340 g/mol. The highest BCUT2D eigenvalue weighted by Crippen LogP contribution is 2.34. The van der Waals surface area contributed by atoms with E-state index < -0.39 is 0 Å². The zero-order valence-corrected chi connectivity index (χ0v) is 16.9. The quantitative estimate of drug-likeness (QED) is 0.698. The number of nitrogens with zero attached hydrogens (tertiary/aromatic N) is 2. The smallest absolute Gasteiger partial charge is 0.222 e. The summed E-state index contributed by atoms with van der Waals surface area (Å²) in [6.07, 6.45) is 7.31. The van der Waals surface area contributed by atoms with Crippen LogP contribution in [0, 0.1) is 0 Å². The normalized spacial score (nSPS) is 19.9. The molecule has 1 unspecified atom stereocenters. The third kappa shape index (κ3) is 5.16. The Balaban J connectivity index is 1.58. The van der Waals surface area contributed by atoms with Gasteiger partial charge in [0.2, 0.25) is 5.91 Å². The molecule has 0 aliphatic carbocycles. The predicted molar refractivity (Wildman–Crippen MR) is 108 cm³/mol.